The maximum atomic E-state index is 11.6. The van der Waals surface area contributed by atoms with Crippen LogP contribution in [0.4, 0.5) is 0 Å². The summed E-state index contributed by atoms with van der Waals surface area (Å²) in [7, 11) is -1.78. The number of rotatable bonds is 9. The molecule has 4 nitrogen and oxygen atoms in total. The normalized spacial score (nSPS) is 18.0. The van der Waals surface area contributed by atoms with Crippen molar-refractivity contribution in [2.24, 2.45) is 5.41 Å². The topological polar surface area (TPSA) is 49.8 Å². The minimum absolute atomic E-state index is 0.119. The van der Waals surface area contributed by atoms with Crippen LogP contribution in [-0.2, 0) is 15.8 Å². The molecule has 5 heteroatoms. The van der Waals surface area contributed by atoms with Gasteiger partial charge in [-0.15, -0.1) is 0 Å². The first-order valence-corrected chi connectivity index (χ1v) is 12.5. The summed E-state index contributed by atoms with van der Waals surface area (Å²) < 4.78 is 6.48. The van der Waals surface area contributed by atoms with E-state index in [2.05, 4.69) is 50.9 Å². The van der Waals surface area contributed by atoms with Gasteiger partial charge in [-0.05, 0) is 43.5 Å². The van der Waals surface area contributed by atoms with Crippen molar-refractivity contribution in [2.45, 2.75) is 71.3 Å². The third kappa shape index (κ3) is 5.41. The minimum atomic E-state index is -1.78. The molecule has 1 unspecified atom stereocenters. The van der Waals surface area contributed by atoms with E-state index in [-0.39, 0.29) is 10.5 Å². The second kappa shape index (κ2) is 7.83. The molecule has 1 aromatic rings. The third-order valence-corrected chi connectivity index (χ3v) is 10.7. The Morgan fingerprint density at radius 1 is 1.27 bits per heavy atom. The summed E-state index contributed by atoms with van der Waals surface area (Å²) in [5, 5.41) is 9.74. The zero-order chi connectivity index (χ0) is 19.6. The number of carbonyl (C=O) groups is 1. The molecule has 0 radical (unpaired) electrons. The molecule has 1 saturated carbocycles. The Kier molecular flexibility index (Phi) is 6.36. The van der Waals surface area contributed by atoms with E-state index < -0.39 is 20.3 Å². The van der Waals surface area contributed by atoms with Crippen LogP contribution in [0.3, 0.4) is 0 Å². The highest BCUT2D eigenvalue weighted by atomic mass is 28.4. The van der Waals surface area contributed by atoms with Gasteiger partial charge in [0.2, 0.25) is 0 Å². The van der Waals surface area contributed by atoms with Crippen molar-refractivity contribution >= 4 is 14.3 Å². The molecule has 0 aromatic heterocycles. The molecule has 1 aliphatic rings. The smallest absolute Gasteiger partial charge is 0.320 e. The molecule has 0 heterocycles. The molecule has 0 saturated heterocycles. The Bertz CT molecular complexity index is 605. The van der Waals surface area contributed by atoms with E-state index in [1.54, 1.807) is 6.92 Å². The van der Waals surface area contributed by atoms with E-state index in [0.29, 0.717) is 6.54 Å². The fourth-order valence-corrected chi connectivity index (χ4v) is 3.91. The summed E-state index contributed by atoms with van der Waals surface area (Å²) in [5.41, 5.74) is 1.27. The molecule has 0 amide bonds. The van der Waals surface area contributed by atoms with Crippen molar-refractivity contribution in [1.82, 2.24) is 4.90 Å². The lowest BCUT2D eigenvalue weighted by molar-refractivity contribution is -0.143. The highest BCUT2D eigenvalue weighted by Gasteiger charge is 2.48. The molecule has 0 bridgehead atoms. The van der Waals surface area contributed by atoms with Gasteiger partial charge in [0.1, 0.15) is 6.04 Å². The predicted molar refractivity (Wildman–Crippen MR) is 109 cm³/mol. The van der Waals surface area contributed by atoms with Gasteiger partial charge in [-0.1, -0.05) is 51.1 Å². The molecule has 1 aliphatic carbocycles. The van der Waals surface area contributed by atoms with Crippen LogP contribution < -0.4 is 0 Å². The lowest BCUT2D eigenvalue weighted by atomic mass is 10.1. The Hall–Kier alpha value is -1.17. The highest BCUT2D eigenvalue weighted by Crippen LogP contribution is 2.49. The van der Waals surface area contributed by atoms with Crippen molar-refractivity contribution in [3.63, 3.8) is 0 Å². The Balaban J connectivity index is 2.06. The Morgan fingerprint density at radius 3 is 2.31 bits per heavy atom. The highest BCUT2D eigenvalue weighted by molar-refractivity contribution is 6.74. The fourth-order valence-electron chi connectivity index (χ4n) is 2.81. The Labute approximate surface area is 159 Å². The van der Waals surface area contributed by atoms with Crippen molar-refractivity contribution < 1.29 is 14.3 Å². The lowest BCUT2D eigenvalue weighted by Gasteiger charge is -2.38. The minimum Gasteiger partial charge on any atom is -0.480 e. The average molecular weight is 378 g/mol. The number of hydrogen-bond donors (Lipinski definition) is 1. The molecule has 1 N–H and O–H groups in total. The maximum Gasteiger partial charge on any atom is 0.320 e. The van der Waals surface area contributed by atoms with Gasteiger partial charge in [0.05, 0.1) is 0 Å². The van der Waals surface area contributed by atoms with Crippen molar-refractivity contribution in [2.75, 3.05) is 13.2 Å². The van der Waals surface area contributed by atoms with Crippen molar-refractivity contribution in [3.8, 4) is 0 Å². The summed E-state index contributed by atoms with van der Waals surface area (Å²) >= 11 is 0. The molecule has 0 spiro atoms. The van der Waals surface area contributed by atoms with Gasteiger partial charge in [-0.3, -0.25) is 9.69 Å². The molecule has 26 heavy (non-hydrogen) atoms. The maximum absolute atomic E-state index is 11.6. The van der Waals surface area contributed by atoms with Crippen LogP contribution in [0.15, 0.2) is 30.3 Å². The molecule has 146 valence electrons. The van der Waals surface area contributed by atoms with Crippen LogP contribution in [0.5, 0.6) is 0 Å². The van der Waals surface area contributed by atoms with Crippen LogP contribution in [0.1, 0.15) is 46.1 Å². The zero-order valence-corrected chi connectivity index (χ0v) is 18.2. The first-order chi connectivity index (χ1) is 12.0. The molecule has 2 rings (SSSR count). The first kappa shape index (κ1) is 21.1. The quantitative estimate of drug-likeness (QED) is 0.630. The van der Waals surface area contributed by atoms with E-state index in [1.807, 2.05) is 18.2 Å². The van der Waals surface area contributed by atoms with Gasteiger partial charge in [-0.25, -0.2) is 0 Å². The standard InChI is InChI=1S/C21H35NO3Si/c1-17(19(23)24)22(14-18-10-8-7-9-11-18)15-21(12-13-21)16-25-26(5,6)20(2,3)4/h7-11,17H,12-16H2,1-6H3,(H,23,24). The summed E-state index contributed by atoms with van der Waals surface area (Å²) in [4.78, 5) is 13.7. The molecule has 0 aliphatic heterocycles. The number of hydrogen-bond acceptors (Lipinski definition) is 3. The van der Waals surface area contributed by atoms with Crippen LogP contribution in [0.25, 0.3) is 0 Å². The SMILES string of the molecule is CC(C(=O)O)N(Cc1ccccc1)CC1(CO[Si](C)(C)C(C)(C)C)CC1. The van der Waals surface area contributed by atoms with E-state index in [0.717, 1.165) is 31.6 Å². The first-order valence-electron chi connectivity index (χ1n) is 9.61. The third-order valence-electron chi connectivity index (χ3n) is 6.17. The van der Waals surface area contributed by atoms with Gasteiger partial charge < -0.3 is 9.53 Å². The molecule has 1 aromatic carbocycles. The average Bonchev–Trinajstić information content (AvgIpc) is 3.32. The number of benzene rings is 1. The molecule has 1 atom stereocenters. The number of carboxylic acids is 1. The second-order valence-corrected chi connectivity index (χ2v) is 14.3. The number of nitrogens with zero attached hydrogens (tertiary/aromatic N) is 1. The van der Waals surface area contributed by atoms with E-state index in [9.17, 15) is 9.90 Å². The van der Waals surface area contributed by atoms with Crippen LogP contribution in [0, 0.1) is 5.41 Å². The second-order valence-electron chi connectivity index (χ2n) is 9.45. The summed E-state index contributed by atoms with van der Waals surface area (Å²) in [6, 6.07) is 9.63. The molecular formula is C21H35NO3Si. The monoisotopic (exact) mass is 377 g/mol. The molecule has 1 fully saturated rings. The van der Waals surface area contributed by atoms with E-state index >= 15 is 0 Å². The number of carboxylic acid groups (broad SMARTS) is 1. The van der Waals surface area contributed by atoms with Gasteiger partial charge >= 0.3 is 5.97 Å². The van der Waals surface area contributed by atoms with Gasteiger partial charge in [0, 0.05) is 25.1 Å². The summed E-state index contributed by atoms with van der Waals surface area (Å²) in [5.74, 6) is -0.762. The molecular weight excluding hydrogens is 342 g/mol. The summed E-state index contributed by atoms with van der Waals surface area (Å²) in [6.45, 7) is 15.3. The zero-order valence-electron chi connectivity index (χ0n) is 17.2. The van der Waals surface area contributed by atoms with Gasteiger partial charge in [-0.2, -0.15) is 0 Å². The lowest BCUT2D eigenvalue weighted by Crippen LogP contribution is -2.46. The van der Waals surface area contributed by atoms with Crippen molar-refractivity contribution in [1.29, 1.82) is 0 Å². The number of aliphatic carboxylic acids is 1. The Morgan fingerprint density at radius 2 is 1.85 bits per heavy atom. The van der Waals surface area contributed by atoms with Crippen LogP contribution >= 0.6 is 0 Å². The van der Waals surface area contributed by atoms with Crippen LogP contribution in [-0.4, -0.2) is 43.5 Å². The van der Waals surface area contributed by atoms with Gasteiger partial charge in [0.15, 0.2) is 8.32 Å². The van der Waals surface area contributed by atoms with E-state index in [4.69, 9.17) is 4.43 Å². The van der Waals surface area contributed by atoms with Gasteiger partial charge in [0.25, 0.3) is 0 Å². The largest absolute Gasteiger partial charge is 0.480 e. The fraction of sp³-hybridized carbons (Fsp3) is 0.667. The van der Waals surface area contributed by atoms with Crippen molar-refractivity contribution in [3.05, 3.63) is 35.9 Å². The van der Waals surface area contributed by atoms with Crippen LogP contribution in [0.2, 0.25) is 18.1 Å². The predicted octanol–water partition coefficient (Wildman–Crippen LogP) is 4.76. The summed E-state index contributed by atoms with van der Waals surface area (Å²) in [6.07, 6.45) is 2.25. The van der Waals surface area contributed by atoms with E-state index in [1.165, 1.54) is 0 Å².